The van der Waals surface area contributed by atoms with Crippen molar-refractivity contribution in [2.45, 2.75) is 43.0 Å². The van der Waals surface area contributed by atoms with E-state index < -0.39 is 0 Å². The summed E-state index contributed by atoms with van der Waals surface area (Å²) in [4.78, 5) is 12.0. The van der Waals surface area contributed by atoms with Gasteiger partial charge < -0.3 is 11.1 Å². The third-order valence-corrected chi connectivity index (χ3v) is 5.98. The van der Waals surface area contributed by atoms with Gasteiger partial charge in [-0.05, 0) is 25.7 Å². The molecular formula is C11H21ClN2OS2. The fourth-order valence-corrected chi connectivity index (χ4v) is 4.76. The van der Waals surface area contributed by atoms with E-state index in [2.05, 4.69) is 5.32 Å². The van der Waals surface area contributed by atoms with Crippen molar-refractivity contribution >= 4 is 41.8 Å². The summed E-state index contributed by atoms with van der Waals surface area (Å²) in [5.41, 5.74) is 5.85. The number of nitrogens with one attached hydrogen (secondary N) is 1. The molecule has 3 nitrogen and oxygen atoms in total. The first-order valence-electron chi connectivity index (χ1n) is 6.01. The van der Waals surface area contributed by atoms with Crippen LogP contribution in [0.1, 0.15) is 25.7 Å². The van der Waals surface area contributed by atoms with E-state index in [-0.39, 0.29) is 23.6 Å². The van der Waals surface area contributed by atoms with Crippen molar-refractivity contribution in [2.24, 2.45) is 5.73 Å². The molecule has 3 N–H and O–H groups in total. The van der Waals surface area contributed by atoms with Gasteiger partial charge in [-0.2, -0.15) is 11.8 Å². The summed E-state index contributed by atoms with van der Waals surface area (Å²) in [6, 6.07) is 0.729. The molecule has 0 bridgehead atoms. The Labute approximate surface area is 118 Å². The Hall–Kier alpha value is 0.420. The van der Waals surface area contributed by atoms with Crippen molar-refractivity contribution in [3.8, 4) is 0 Å². The number of nitrogens with two attached hydrogens (primary N) is 1. The van der Waals surface area contributed by atoms with Crippen LogP contribution >= 0.6 is 35.9 Å². The van der Waals surface area contributed by atoms with E-state index in [9.17, 15) is 4.79 Å². The number of amides is 1. The maximum absolute atomic E-state index is 12.0. The molecular weight excluding hydrogens is 276 g/mol. The molecule has 0 aromatic carbocycles. The fraction of sp³-hybridized carbons (Fsp3) is 0.909. The molecule has 2 aliphatic rings. The van der Waals surface area contributed by atoms with Crippen LogP contribution in [0.3, 0.4) is 0 Å². The average molecular weight is 297 g/mol. The van der Waals surface area contributed by atoms with Gasteiger partial charge in [-0.25, -0.2) is 0 Å². The van der Waals surface area contributed by atoms with Crippen molar-refractivity contribution in [2.75, 3.05) is 17.3 Å². The van der Waals surface area contributed by atoms with Crippen molar-refractivity contribution in [3.05, 3.63) is 0 Å². The third-order valence-electron chi connectivity index (χ3n) is 3.23. The van der Waals surface area contributed by atoms with Gasteiger partial charge in [-0.3, -0.25) is 4.79 Å². The quantitative estimate of drug-likeness (QED) is 0.813. The molecule has 0 spiro atoms. The lowest BCUT2D eigenvalue weighted by Gasteiger charge is -2.29. The van der Waals surface area contributed by atoms with Gasteiger partial charge in [0, 0.05) is 29.3 Å². The number of carbonyl (C=O) groups is 1. The summed E-state index contributed by atoms with van der Waals surface area (Å²) in [6.45, 7) is 0. The number of rotatable bonds is 2. The molecule has 6 heteroatoms. The van der Waals surface area contributed by atoms with Gasteiger partial charge in [0.15, 0.2) is 0 Å². The van der Waals surface area contributed by atoms with E-state index >= 15 is 0 Å². The van der Waals surface area contributed by atoms with Gasteiger partial charge in [-0.1, -0.05) is 0 Å². The zero-order chi connectivity index (χ0) is 11.4. The zero-order valence-electron chi connectivity index (χ0n) is 9.89. The normalized spacial score (nSPS) is 33.6. The summed E-state index contributed by atoms with van der Waals surface area (Å²) >= 11 is 3.69. The Morgan fingerprint density at radius 2 is 1.88 bits per heavy atom. The molecule has 0 aromatic heterocycles. The molecule has 0 aromatic rings. The monoisotopic (exact) mass is 296 g/mol. The topological polar surface area (TPSA) is 55.1 Å². The van der Waals surface area contributed by atoms with Crippen molar-refractivity contribution in [3.63, 3.8) is 0 Å². The maximum Gasteiger partial charge on any atom is 0.234 e. The highest BCUT2D eigenvalue weighted by Crippen LogP contribution is 2.25. The highest BCUT2D eigenvalue weighted by Gasteiger charge is 2.26. The highest BCUT2D eigenvalue weighted by atomic mass is 35.5. The number of halogens is 1. The van der Waals surface area contributed by atoms with Crippen LogP contribution in [-0.2, 0) is 4.79 Å². The van der Waals surface area contributed by atoms with Crippen LogP contribution in [-0.4, -0.2) is 40.5 Å². The predicted molar refractivity (Wildman–Crippen MR) is 79.2 cm³/mol. The minimum Gasteiger partial charge on any atom is -0.352 e. The lowest BCUT2D eigenvalue weighted by molar-refractivity contribution is -0.121. The Morgan fingerprint density at radius 1 is 1.18 bits per heavy atom. The molecule has 2 rings (SSSR count). The fourth-order valence-electron chi connectivity index (χ4n) is 2.20. The first-order chi connectivity index (χ1) is 7.75. The Bertz CT molecular complexity index is 242. The molecule has 17 heavy (non-hydrogen) atoms. The zero-order valence-corrected chi connectivity index (χ0v) is 12.3. The first kappa shape index (κ1) is 15.5. The van der Waals surface area contributed by atoms with Crippen LogP contribution < -0.4 is 11.1 Å². The first-order valence-corrected chi connectivity index (χ1v) is 8.21. The summed E-state index contributed by atoms with van der Waals surface area (Å²) < 4.78 is 0. The molecule has 100 valence electrons. The third kappa shape index (κ3) is 4.89. The summed E-state index contributed by atoms with van der Waals surface area (Å²) in [5.74, 6) is 3.52. The van der Waals surface area contributed by atoms with Crippen LogP contribution in [0.5, 0.6) is 0 Å². The maximum atomic E-state index is 12.0. The predicted octanol–water partition coefficient (Wildman–Crippen LogP) is 1.64. The number of hydrogen-bond donors (Lipinski definition) is 2. The van der Waals surface area contributed by atoms with Crippen LogP contribution in [0, 0.1) is 0 Å². The van der Waals surface area contributed by atoms with E-state index in [0.717, 1.165) is 37.2 Å². The van der Waals surface area contributed by atoms with Crippen LogP contribution in [0.2, 0.25) is 0 Å². The second-order valence-electron chi connectivity index (χ2n) is 4.55. The lowest BCUT2D eigenvalue weighted by atomic mass is 9.92. The largest absolute Gasteiger partial charge is 0.352 e. The Balaban J connectivity index is 0.00000144. The second kappa shape index (κ2) is 7.77. The van der Waals surface area contributed by atoms with E-state index in [4.69, 9.17) is 5.73 Å². The van der Waals surface area contributed by atoms with E-state index in [1.807, 2.05) is 11.8 Å². The number of hydrogen-bond acceptors (Lipinski definition) is 4. The molecule has 1 atom stereocenters. The Morgan fingerprint density at radius 3 is 2.47 bits per heavy atom. The molecule has 1 amide bonds. The molecule has 1 saturated carbocycles. The standard InChI is InChI=1S/C11H20N2OS2.ClH/c12-8-1-3-9(4-2-8)13-11(14)10-7-15-5-6-16-10;/h8-10H,1-7,12H2,(H,13,14);1H. The van der Waals surface area contributed by atoms with E-state index in [0.29, 0.717) is 12.1 Å². The lowest BCUT2D eigenvalue weighted by Crippen LogP contribution is -2.45. The number of carbonyl (C=O) groups excluding carboxylic acids is 1. The molecule has 0 radical (unpaired) electrons. The minimum absolute atomic E-state index is 0. The van der Waals surface area contributed by atoms with Gasteiger partial charge in [0.2, 0.25) is 5.91 Å². The van der Waals surface area contributed by atoms with Gasteiger partial charge >= 0.3 is 0 Å². The van der Waals surface area contributed by atoms with Gasteiger partial charge in [-0.15, -0.1) is 24.2 Å². The van der Waals surface area contributed by atoms with Crippen molar-refractivity contribution in [1.29, 1.82) is 0 Å². The van der Waals surface area contributed by atoms with Crippen LogP contribution in [0.25, 0.3) is 0 Å². The van der Waals surface area contributed by atoms with Gasteiger partial charge in [0.25, 0.3) is 0 Å². The highest BCUT2D eigenvalue weighted by molar-refractivity contribution is 8.07. The number of thioether (sulfide) groups is 2. The molecule has 2 fully saturated rings. The molecule has 1 aliphatic carbocycles. The molecule has 1 aliphatic heterocycles. The average Bonchev–Trinajstić information content (AvgIpc) is 2.33. The second-order valence-corrected chi connectivity index (χ2v) is 7.02. The SMILES string of the molecule is Cl.NC1CCC(NC(=O)C2CSCCS2)CC1. The minimum atomic E-state index is 0. The molecule has 1 heterocycles. The van der Waals surface area contributed by atoms with Gasteiger partial charge in [0.1, 0.15) is 0 Å². The summed E-state index contributed by atoms with van der Waals surface area (Å²) in [5, 5.41) is 3.36. The van der Waals surface area contributed by atoms with Crippen molar-refractivity contribution < 1.29 is 4.79 Å². The van der Waals surface area contributed by atoms with Crippen LogP contribution in [0.4, 0.5) is 0 Å². The van der Waals surface area contributed by atoms with Crippen molar-refractivity contribution in [1.82, 2.24) is 5.32 Å². The van der Waals surface area contributed by atoms with Crippen LogP contribution in [0.15, 0.2) is 0 Å². The smallest absolute Gasteiger partial charge is 0.234 e. The summed E-state index contributed by atoms with van der Waals surface area (Å²) in [6.07, 6.45) is 4.21. The van der Waals surface area contributed by atoms with Gasteiger partial charge in [0.05, 0.1) is 5.25 Å². The Kier molecular flexibility index (Phi) is 7.07. The van der Waals surface area contributed by atoms with E-state index in [1.165, 1.54) is 5.75 Å². The summed E-state index contributed by atoms with van der Waals surface area (Å²) in [7, 11) is 0. The molecule has 1 unspecified atom stereocenters. The molecule has 1 saturated heterocycles. The van der Waals surface area contributed by atoms with E-state index in [1.54, 1.807) is 11.8 Å².